The largest absolute Gasteiger partial charge is 0.449 e. The zero-order chi connectivity index (χ0) is 24.6. The van der Waals surface area contributed by atoms with E-state index < -0.39 is 0 Å². The van der Waals surface area contributed by atoms with E-state index in [-0.39, 0.29) is 18.8 Å². The van der Waals surface area contributed by atoms with E-state index in [2.05, 4.69) is 11.8 Å². The van der Waals surface area contributed by atoms with Gasteiger partial charge in [0.25, 0.3) is 0 Å². The number of hydrogen-bond donors (Lipinski definition) is 0. The second kappa shape index (κ2) is 12.1. The van der Waals surface area contributed by atoms with Crippen LogP contribution in [0.3, 0.4) is 0 Å². The molecular formula is C25H33N5O4S. The summed E-state index contributed by atoms with van der Waals surface area (Å²) in [4.78, 5) is 40.2. The lowest BCUT2D eigenvalue weighted by atomic mass is 10.0. The Morgan fingerprint density at radius 1 is 0.971 bits per heavy atom. The number of hydrogen-bond acceptors (Lipinski definition) is 8. The van der Waals surface area contributed by atoms with Crippen LogP contribution in [0.2, 0.25) is 0 Å². The van der Waals surface area contributed by atoms with Crippen molar-refractivity contribution in [3.05, 3.63) is 47.2 Å². The van der Waals surface area contributed by atoms with Crippen LogP contribution in [0, 0.1) is 0 Å². The van der Waals surface area contributed by atoms with Gasteiger partial charge in [-0.1, -0.05) is 55.4 Å². The van der Waals surface area contributed by atoms with Gasteiger partial charge in [0.05, 0.1) is 18.8 Å². The fourth-order valence-corrected chi connectivity index (χ4v) is 4.58. The molecule has 0 aliphatic carbocycles. The van der Waals surface area contributed by atoms with E-state index in [4.69, 9.17) is 19.4 Å². The maximum atomic E-state index is 12.5. The Kier molecular flexibility index (Phi) is 8.68. The molecule has 0 N–H and O–H groups in total. The summed E-state index contributed by atoms with van der Waals surface area (Å²) in [5.74, 6) is 0.913. The lowest BCUT2D eigenvalue weighted by molar-refractivity contribution is 0.0941. The first kappa shape index (κ1) is 25.1. The lowest BCUT2D eigenvalue weighted by Crippen LogP contribution is -2.49. The molecule has 0 spiro atoms. The highest BCUT2D eigenvalue weighted by molar-refractivity contribution is 7.98. The molecule has 2 aliphatic rings. The Bertz CT molecular complexity index is 1010. The average Bonchev–Trinajstić information content (AvgIpc) is 2.91. The van der Waals surface area contributed by atoms with Gasteiger partial charge in [-0.3, -0.25) is 0 Å². The van der Waals surface area contributed by atoms with E-state index in [0.29, 0.717) is 57.5 Å². The number of amides is 2. The zero-order valence-corrected chi connectivity index (χ0v) is 21.3. The Morgan fingerprint density at radius 2 is 1.71 bits per heavy atom. The Hall–Kier alpha value is -3.01. The molecule has 9 nitrogen and oxygen atoms in total. The molecule has 35 heavy (non-hydrogen) atoms. The van der Waals surface area contributed by atoms with Crippen molar-refractivity contribution in [2.75, 3.05) is 50.5 Å². The summed E-state index contributed by atoms with van der Waals surface area (Å²) in [7, 11) is 0. The molecule has 4 rings (SSSR count). The predicted octanol–water partition coefficient (Wildman–Crippen LogP) is 3.95. The number of piperazine rings is 1. The molecule has 0 atom stereocenters. The van der Waals surface area contributed by atoms with Crippen molar-refractivity contribution in [2.45, 2.75) is 44.5 Å². The molecule has 10 heteroatoms. The fraction of sp³-hybridized carbons (Fsp3) is 0.520. The van der Waals surface area contributed by atoms with Crippen LogP contribution in [-0.2, 0) is 29.0 Å². The van der Waals surface area contributed by atoms with Crippen molar-refractivity contribution in [3.8, 4) is 0 Å². The van der Waals surface area contributed by atoms with Crippen LogP contribution in [0.1, 0.15) is 36.6 Å². The summed E-state index contributed by atoms with van der Waals surface area (Å²) < 4.78 is 10.9. The second-order valence-corrected chi connectivity index (χ2v) is 9.39. The average molecular weight is 500 g/mol. The quantitative estimate of drug-likeness (QED) is 0.321. The SMILES string of the molecule is CCCCOC(=O)N1CCc2c(nc(SC)nc2N2CCN(C(=O)OCc3ccccc3)CC2)C1. The number of anilines is 1. The molecule has 0 unspecified atom stereocenters. The molecular weight excluding hydrogens is 466 g/mol. The molecule has 1 fully saturated rings. The summed E-state index contributed by atoms with van der Waals surface area (Å²) in [6, 6.07) is 9.69. The van der Waals surface area contributed by atoms with Gasteiger partial charge >= 0.3 is 12.2 Å². The minimum absolute atomic E-state index is 0.272. The molecule has 0 bridgehead atoms. The van der Waals surface area contributed by atoms with Crippen molar-refractivity contribution >= 4 is 29.8 Å². The highest BCUT2D eigenvalue weighted by atomic mass is 32.2. The number of ether oxygens (including phenoxy) is 2. The minimum atomic E-state index is -0.291. The van der Waals surface area contributed by atoms with Gasteiger partial charge in [0, 0.05) is 38.3 Å². The predicted molar refractivity (Wildman–Crippen MR) is 135 cm³/mol. The molecule has 2 aromatic rings. The number of unbranched alkanes of at least 4 members (excludes halogenated alkanes) is 1. The van der Waals surface area contributed by atoms with E-state index >= 15 is 0 Å². The van der Waals surface area contributed by atoms with Crippen LogP contribution < -0.4 is 4.90 Å². The number of carbonyl (C=O) groups excluding carboxylic acids is 2. The molecule has 3 heterocycles. The van der Waals surface area contributed by atoms with Gasteiger partial charge in [-0.15, -0.1) is 0 Å². The second-order valence-electron chi connectivity index (χ2n) is 8.61. The maximum Gasteiger partial charge on any atom is 0.410 e. The van der Waals surface area contributed by atoms with Crippen LogP contribution in [-0.4, -0.2) is 77.5 Å². The number of thioether (sulfide) groups is 1. The first-order valence-corrected chi connectivity index (χ1v) is 13.4. The highest BCUT2D eigenvalue weighted by Gasteiger charge is 2.30. The van der Waals surface area contributed by atoms with Crippen molar-refractivity contribution < 1.29 is 19.1 Å². The Morgan fingerprint density at radius 3 is 2.43 bits per heavy atom. The van der Waals surface area contributed by atoms with E-state index in [0.717, 1.165) is 35.5 Å². The molecule has 0 radical (unpaired) electrons. The van der Waals surface area contributed by atoms with Crippen LogP contribution in [0.4, 0.5) is 15.4 Å². The molecule has 188 valence electrons. The number of fused-ring (bicyclic) bond motifs is 1. The van der Waals surface area contributed by atoms with Crippen molar-refractivity contribution in [1.82, 2.24) is 19.8 Å². The number of aromatic nitrogens is 2. The van der Waals surface area contributed by atoms with E-state index in [1.807, 2.05) is 36.6 Å². The van der Waals surface area contributed by atoms with E-state index in [1.165, 1.54) is 11.8 Å². The van der Waals surface area contributed by atoms with Gasteiger partial charge in [-0.25, -0.2) is 19.6 Å². The van der Waals surface area contributed by atoms with E-state index in [9.17, 15) is 9.59 Å². The van der Waals surface area contributed by atoms with Crippen LogP contribution in [0.5, 0.6) is 0 Å². The number of rotatable bonds is 7. The topological polar surface area (TPSA) is 88.1 Å². The minimum Gasteiger partial charge on any atom is -0.449 e. The van der Waals surface area contributed by atoms with Gasteiger partial charge in [0.15, 0.2) is 5.16 Å². The third-order valence-electron chi connectivity index (χ3n) is 6.23. The Labute approximate surface area is 210 Å². The first-order chi connectivity index (χ1) is 17.1. The monoisotopic (exact) mass is 499 g/mol. The van der Waals surface area contributed by atoms with Crippen molar-refractivity contribution in [3.63, 3.8) is 0 Å². The number of carbonyl (C=O) groups is 2. The van der Waals surface area contributed by atoms with Crippen molar-refractivity contribution in [1.29, 1.82) is 0 Å². The molecule has 1 aromatic carbocycles. The van der Waals surface area contributed by atoms with Crippen LogP contribution in [0.25, 0.3) is 0 Å². The van der Waals surface area contributed by atoms with Gasteiger partial charge in [-0.2, -0.15) is 0 Å². The summed E-state index contributed by atoms with van der Waals surface area (Å²) >= 11 is 1.49. The maximum absolute atomic E-state index is 12.5. The normalized spacial score (nSPS) is 15.5. The fourth-order valence-electron chi connectivity index (χ4n) is 4.20. The summed E-state index contributed by atoms with van der Waals surface area (Å²) in [5.41, 5.74) is 2.93. The molecule has 1 aromatic heterocycles. The van der Waals surface area contributed by atoms with Crippen LogP contribution in [0.15, 0.2) is 35.5 Å². The standard InChI is InChI=1S/C25H33N5O4S/c1-3-4-16-33-25(32)30-11-10-20-21(17-30)26-23(35-2)27-22(20)28-12-14-29(15-13-28)24(31)34-18-19-8-6-5-7-9-19/h5-9H,3-4,10-18H2,1-2H3. The van der Waals surface area contributed by atoms with Gasteiger partial charge in [0.1, 0.15) is 12.4 Å². The third kappa shape index (κ3) is 6.36. The van der Waals surface area contributed by atoms with Gasteiger partial charge in [-0.05, 0) is 24.7 Å². The van der Waals surface area contributed by atoms with Crippen LogP contribution >= 0.6 is 11.8 Å². The summed E-state index contributed by atoms with van der Waals surface area (Å²) in [5, 5.41) is 0.685. The van der Waals surface area contributed by atoms with Gasteiger partial charge < -0.3 is 24.2 Å². The van der Waals surface area contributed by atoms with E-state index in [1.54, 1.807) is 9.80 Å². The summed E-state index contributed by atoms with van der Waals surface area (Å²) in [6.45, 7) is 6.26. The smallest absolute Gasteiger partial charge is 0.410 e. The number of benzene rings is 1. The van der Waals surface area contributed by atoms with Crippen molar-refractivity contribution in [2.24, 2.45) is 0 Å². The number of nitrogens with zero attached hydrogens (tertiary/aromatic N) is 5. The highest BCUT2D eigenvalue weighted by Crippen LogP contribution is 2.29. The van der Waals surface area contributed by atoms with Gasteiger partial charge in [0.2, 0.25) is 0 Å². The third-order valence-corrected chi connectivity index (χ3v) is 6.78. The molecule has 2 aliphatic heterocycles. The molecule has 1 saturated heterocycles. The lowest BCUT2D eigenvalue weighted by Gasteiger charge is -2.37. The Balaban J connectivity index is 1.38. The first-order valence-electron chi connectivity index (χ1n) is 12.1. The molecule has 0 saturated carbocycles. The zero-order valence-electron chi connectivity index (χ0n) is 20.4. The molecule has 2 amide bonds. The summed E-state index contributed by atoms with van der Waals surface area (Å²) in [6.07, 6.45) is 3.91.